The Hall–Kier alpha value is -3.28. The number of amides is 1. The van der Waals surface area contributed by atoms with E-state index in [0.29, 0.717) is 30.3 Å². The van der Waals surface area contributed by atoms with Crippen molar-refractivity contribution in [3.63, 3.8) is 0 Å². The first-order valence-electron chi connectivity index (χ1n) is 8.31. The average molecular weight is 352 g/mol. The van der Waals surface area contributed by atoms with E-state index < -0.39 is 0 Å². The van der Waals surface area contributed by atoms with Gasteiger partial charge in [0.1, 0.15) is 5.69 Å². The molecule has 1 amide bonds. The fourth-order valence-electron chi connectivity index (χ4n) is 2.49. The molecule has 3 rings (SSSR count). The minimum Gasteiger partial charge on any atom is -0.493 e. The first kappa shape index (κ1) is 17.5. The van der Waals surface area contributed by atoms with Crippen molar-refractivity contribution in [3.05, 3.63) is 65.9 Å². The molecule has 0 fully saturated rings. The van der Waals surface area contributed by atoms with E-state index >= 15 is 0 Å². The maximum Gasteiger partial charge on any atom is 0.290 e. The molecule has 0 saturated carbocycles. The summed E-state index contributed by atoms with van der Waals surface area (Å²) in [6, 6.07) is 16.7. The highest BCUT2D eigenvalue weighted by Crippen LogP contribution is 2.28. The Balaban J connectivity index is 1.65. The van der Waals surface area contributed by atoms with Crippen LogP contribution in [-0.4, -0.2) is 24.8 Å². The van der Waals surface area contributed by atoms with Crippen molar-refractivity contribution in [1.29, 1.82) is 0 Å². The van der Waals surface area contributed by atoms with Crippen LogP contribution >= 0.6 is 0 Å². The predicted molar refractivity (Wildman–Crippen MR) is 97.3 cm³/mol. The smallest absolute Gasteiger partial charge is 0.290 e. The van der Waals surface area contributed by atoms with Crippen molar-refractivity contribution in [3.8, 4) is 22.8 Å². The average Bonchev–Trinajstić information content (AvgIpc) is 3.18. The maximum absolute atomic E-state index is 12.3. The van der Waals surface area contributed by atoms with E-state index in [2.05, 4.69) is 10.5 Å². The summed E-state index contributed by atoms with van der Waals surface area (Å²) in [5.74, 6) is 1.15. The third-order valence-electron chi connectivity index (χ3n) is 3.78. The lowest BCUT2D eigenvalue weighted by Gasteiger charge is -2.11. The highest BCUT2D eigenvalue weighted by atomic mass is 16.5. The maximum atomic E-state index is 12.3. The summed E-state index contributed by atoms with van der Waals surface area (Å²) >= 11 is 0. The SMILES string of the molecule is CCOc1ccc(CNC(=O)c2cc(-c3ccccc3)no2)cc1OC. The van der Waals surface area contributed by atoms with Crippen LogP contribution in [-0.2, 0) is 6.54 Å². The van der Waals surface area contributed by atoms with Gasteiger partial charge < -0.3 is 19.3 Å². The molecule has 0 aliphatic rings. The number of benzene rings is 2. The normalized spacial score (nSPS) is 10.4. The fraction of sp³-hybridized carbons (Fsp3) is 0.200. The van der Waals surface area contributed by atoms with Crippen LogP contribution in [0.1, 0.15) is 23.0 Å². The Kier molecular flexibility index (Phi) is 5.53. The van der Waals surface area contributed by atoms with Gasteiger partial charge >= 0.3 is 0 Å². The number of ether oxygens (including phenoxy) is 2. The van der Waals surface area contributed by atoms with Crippen LogP contribution in [0.25, 0.3) is 11.3 Å². The van der Waals surface area contributed by atoms with E-state index in [0.717, 1.165) is 11.1 Å². The van der Waals surface area contributed by atoms with Gasteiger partial charge in [-0.3, -0.25) is 4.79 Å². The molecule has 6 nitrogen and oxygen atoms in total. The largest absolute Gasteiger partial charge is 0.493 e. The summed E-state index contributed by atoms with van der Waals surface area (Å²) in [6.45, 7) is 2.80. The van der Waals surface area contributed by atoms with Crippen LogP contribution in [0.2, 0.25) is 0 Å². The molecule has 0 aliphatic heterocycles. The number of aromatic nitrogens is 1. The van der Waals surface area contributed by atoms with E-state index in [4.69, 9.17) is 14.0 Å². The number of hydrogen-bond acceptors (Lipinski definition) is 5. The van der Waals surface area contributed by atoms with Crippen LogP contribution in [0, 0.1) is 0 Å². The minimum absolute atomic E-state index is 0.168. The van der Waals surface area contributed by atoms with Crippen molar-refractivity contribution in [2.75, 3.05) is 13.7 Å². The van der Waals surface area contributed by atoms with Crippen molar-refractivity contribution in [2.45, 2.75) is 13.5 Å². The first-order valence-corrected chi connectivity index (χ1v) is 8.31. The van der Waals surface area contributed by atoms with Gasteiger partial charge in [0.15, 0.2) is 11.5 Å². The van der Waals surface area contributed by atoms with Gasteiger partial charge in [0.25, 0.3) is 5.91 Å². The molecule has 0 radical (unpaired) electrons. The number of nitrogens with zero attached hydrogens (tertiary/aromatic N) is 1. The van der Waals surface area contributed by atoms with Crippen molar-refractivity contribution in [1.82, 2.24) is 10.5 Å². The van der Waals surface area contributed by atoms with E-state index in [1.165, 1.54) is 0 Å². The quantitative estimate of drug-likeness (QED) is 0.702. The van der Waals surface area contributed by atoms with Gasteiger partial charge in [-0.25, -0.2) is 0 Å². The van der Waals surface area contributed by atoms with E-state index in [1.807, 2.05) is 55.5 Å². The molecule has 1 N–H and O–H groups in total. The van der Waals surface area contributed by atoms with Gasteiger partial charge in [0.05, 0.1) is 13.7 Å². The molecule has 0 aliphatic carbocycles. The molecular formula is C20H20N2O4. The summed E-state index contributed by atoms with van der Waals surface area (Å²) in [6.07, 6.45) is 0. The third kappa shape index (κ3) is 4.03. The van der Waals surface area contributed by atoms with Crippen molar-refractivity contribution in [2.24, 2.45) is 0 Å². The molecule has 2 aromatic carbocycles. The number of rotatable bonds is 7. The topological polar surface area (TPSA) is 73.6 Å². The number of nitrogens with one attached hydrogen (secondary N) is 1. The zero-order valence-corrected chi connectivity index (χ0v) is 14.7. The zero-order chi connectivity index (χ0) is 18.4. The first-order chi connectivity index (χ1) is 12.7. The molecule has 0 spiro atoms. The summed E-state index contributed by atoms with van der Waals surface area (Å²) in [7, 11) is 1.58. The highest BCUT2D eigenvalue weighted by molar-refractivity contribution is 5.92. The molecule has 1 aromatic heterocycles. The second kappa shape index (κ2) is 8.20. The molecule has 1 heterocycles. The number of carbonyl (C=O) groups excluding carboxylic acids is 1. The number of methoxy groups -OCH3 is 1. The van der Waals surface area contributed by atoms with Gasteiger partial charge in [0.2, 0.25) is 5.76 Å². The highest BCUT2D eigenvalue weighted by Gasteiger charge is 2.14. The monoisotopic (exact) mass is 352 g/mol. The van der Waals surface area contributed by atoms with Crippen LogP contribution in [0.15, 0.2) is 59.1 Å². The second-order valence-corrected chi connectivity index (χ2v) is 5.54. The molecule has 3 aromatic rings. The second-order valence-electron chi connectivity index (χ2n) is 5.54. The lowest BCUT2D eigenvalue weighted by atomic mass is 10.1. The lowest BCUT2D eigenvalue weighted by Crippen LogP contribution is -2.22. The summed E-state index contributed by atoms with van der Waals surface area (Å²) in [4.78, 5) is 12.3. The fourth-order valence-corrected chi connectivity index (χ4v) is 2.49. The third-order valence-corrected chi connectivity index (χ3v) is 3.78. The zero-order valence-electron chi connectivity index (χ0n) is 14.7. The molecule has 6 heteroatoms. The van der Waals surface area contributed by atoms with Gasteiger partial charge in [0, 0.05) is 18.2 Å². The van der Waals surface area contributed by atoms with Crippen LogP contribution < -0.4 is 14.8 Å². The minimum atomic E-state index is -0.326. The van der Waals surface area contributed by atoms with Gasteiger partial charge in [-0.05, 0) is 24.6 Å². The Morgan fingerprint density at radius 1 is 1.12 bits per heavy atom. The predicted octanol–water partition coefficient (Wildman–Crippen LogP) is 3.68. The van der Waals surface area contributed by atoms with Crippen molar-refractivity contribution < 1.29 is 18.8 Å². The number of hydrogen-bond donors (Lipinski definition) is 1. The molecular weight excluding hydrogens is 332 g/mol. The molecule has 26 heavy (non-hydrogen) atoms. The summed E-state index contributed by atoms with van der Waals surface area (Å²) in [5, 5.41) is 6.76. The Bertz CT molecular complexity index is 875. The summed E-state index contributed by atoms with van der Waals surface area (Å²) in [5.41, 5.74) is 2.41. The summed E-state index contributed by atoms with van der Waals surface area (Å²) < 4.78 is 16.0. The standard InChI is InChI=1S/C20H20N2O4/c1-3-25-17-10-9-14(11-18(17)24-2)13-21-20(23)19-12-16(22-26-19)15-7-5-4-6-8-15/h4-12H,3,13H2,1-2H3,(H,21,23). The van der Waals surface area contributed by atoms with E-state index in [9.17, 15) is 4.79 Å². The van der Waals surface area contributed by atoms with Crippen LogP contribution in [0.4, 0.5) is 0 Å². The number of carbonyl (C=O) groups is 1. The van der Waals surface area contributed by atoms with Gasteiger partial charge in [-0.1, -0.05) is 41.6 Å². The molecule has 0 saturated heterocycles. The van der Waals surface area contributed by atoms with Crippen LogP contribution in [0.3, 0.4) is 0 Å². The molecule has 0 atom stereocenters. The molecule has 0 bridgehead atoms. The Morgan fingerprint density at radius 3 is 2.65 bits per heavy atom. The van der Waals surface area contributed by atoms with Gasteiger partial charge in [-0.2, -0.15) is 0 Å². The molecule has 0 unspecified atom stereocenters. The van der Waals surface area contributed by atoms with E-state index in [1.54, 1.807) is 13.2 Å². The van der Waals surface area contributed by atoms with Crippen molar-refractivity contribution >= 4 is 5.91 Å². The van der Waals surface area contributed by atoms with Gasteiger partial charge in [-0.15, -0.1) is 0 Å². The van der Waals surface area contributed by atoms with Crippen LogP contribution in [0.5, 0.6) is 11.5 Å². The molecule has 134 valence electrons. The van der Waals surface area contributed by atoms with E-state index in [-0.39, 0.29) is 11.7 Å². The Labute approximate surface area is 151 Å². The lowest BCUT2D eigenvalue weighted by molar-refractivity contribution is 0.0914. The Morgan fingerprint density at radius 2 is 1.92 bits per heavy atom.